The van der Waals surface area contributed by atoms with Crippen molar-refractivity contribution in [3.63, 3.8) is 0 Å². The average Bonchev–Trinajstić information content (AvgIpc) is 3.15. The number of rotatable bonds is 6. The van der Waals surface area contributed by atoms with Gasteiger partial charge in [-0.1, -0.05) is 91.8 Å². The fourth-order valence-electron chi connectivity index (χ4n) is 4.69. The number of para-hydroxylation sites is 2. The minimum Gasteiger partial charge on any atom is -1.00 e. The van der Waals surface area contributed by atoms with Gasteiger partial charge in [-0.05, 0) is 23.7 Å². The van der Waals surface area contributed by atoms with Crippen LogP contribution in [0.5, 0.6) is 0 Å². The van der Waals surface area contributed by atoms with E-state index >= 15 is 0 Å². The first-order valence-electron chi connectivity index (χ1n) is 11.5. The van der Waals surface area contributed by atoms with Gasteiger partial charge in [-0.2, -0.15) is 0 Å². The predicted molar refractivity (Wildman–Crippen MR) is 126 cm³/mol. The number of halogens is 1. The number of hydrogen-bond acceptors (Lipinski definition) is 0. The molecule has 0 spiro atoms. The molecule has 1 aliphatic heterocycles. The standard InChI is InChI=1S/C27H39N2.ClH/c1-18(2)22-11-9-12-23(19(3)4)26(22)28-15-16-29(17-28)27-24(20(5)6)13-10-14-25(27)21(7)8;/h9-14,17-21H,15-16H2,1-8H3;1H/q+1;. The molecule has 2 nitrogen and oxygen atoms in total. The normalized spacial score (nSPS) is 16.5. The summed E-state index contributed by atoms with van der Waals surface area (Å²) in [5.74, 6) is 2.12. The summed E-state index contributed by atoms with van der Waals surface area (Å²) in [5.41, 5.74) is 8.87. The van der Waals surface area contributed by atoms with Gasteiger partial charge in [0.25, 0.3) is 0 Å². The smallest absolute Gasteiger partial charge is 0.336 e. The Kier molecular flexibility index (Phi) is 8.30. The summed E-state index contributed by atoms with van der Waals surface area (Å²) in [6.07, 6.45) is 2.46. The molecule has 1 N–H and O–H groups in total. The van der Waals surface area contributed by atoms with E-state index in [1.54, 1.807) is 0 Å². The Labute approximate surface area is 190 Å². The van der Waals surface area contributed by atoms with Crippen LogP contribution in [0.3, 0.4) is 0 Å². The first-order valence-corrected chi connectivity index (χ1v) is 11.5. The number of hydrogen-bond donors (Lipinski definition) is 1. The highest BCUT2D eigenvalue weighted by molar-refractivity contribution is 5.59. The first kappa shape index (κ1) is 24.6. The van der Waals surface area contributed by atoms with Crippen molar-refractivity contribution in [3.05, 3.63) is 58.7 Å². The minimum atomic E-state index is 0. The Hall–Kier alpha value is -1.64. The second kappa shape index (κ2) is 10.1. The SMILES string of the molecule is CC(C)c1cccc(C(C)C)c1[N+]1=C[NH+](c2c(C(C)C)cccc2C(C)C)CC1.[Cl-]. The Morgan fingerprint density at radius 2 is 1.07 bits per heavy atom. The average molecular weight is 428 g/mol. The molecule has 0 aliphatic carbocycles. The van der Waals surface area contributed by atoms with Gasteiger partial charge in [-0.15, -0.1) is 4.58 Å². The predicted octanol–water partition coefficient (Wildman–Crippen LogP) is 3.09. The number of benzene rings is 2. The van der Waals surface area contributed by atoms with Gasteiger partial charge < -0.3 is 12.4 Å². The largest absolute Gasteiger partial charge is 1.00 e. The summed E-state index contributed by atoms with van der Waals surface area (Å²) in [6.45, 7) is 20.7. The molecule has 2 aromatic carbocycles. The van der Waals surface area contributed by atoms with Crippen LogP contribution < -0.4 is 17.3 Å². The molecule has 1 unspecified atom stereocenters. The molecular formula is C27H40ClN2+. The van der Waals surface area contributed by atoms with E-state index in [0.717, 1.165) is 13.1 Å². The van der Waals surface area contributed by atoms with Crippen molar-refractivity contribution in [1.82, 2.24) is 0 Å². The molecule has 0 saturated carbocycles. The molecular weight excluding hydrogens is 388 g/mol. The van der Waals surface area contributed by atoms with Crippen LogP contribution in [-0.2, 0) is 0 Å². The lowest BCUT2D eigenvalue weighted by Gasteiger charge is -2.19. The van der Waals surface area contributed by atoms with E-state index in [9.17, 15) is 0 Å². The Morgan fingerprint density at radius 3 is 1.47 bits per heavy atom. The highest BCUT2D eigenvalue weighted by Gasteiger charge is 2.35. The molecule has 0 saturated heterocycles. The van der Waals surface area contributed by atoms with Gasteiger partial charge in [0, 0.05) is 22.3 Å². The molecule has 0 bridgehead atoms. The zero-order valence-corrected chi connectivity index (χ0v) is 20.8. The number of nitrogens with zero attached hydrogens (tertiary/aromatic N) is 1. The van der Waals surface area contributed by atoms with E-state index in [1.807, 2.05) is 0 Å². The van der Waals surface area contributed by atoms with Gasteiger partial charge in [0.1, 0.15) is 5.69 Å². The maximum absolute atomic E-state index is 2.54. The van der Waals surface area contributed by atoms with Crippen molar-refractivity contribution in [3.8, 4) is 0 Å². The summed E-state index contributed by atoms with van der Waals surface area (Å²) in [5, 5.41) is 0. The lowest BCUT2D eigenvalue weighted by molar-refractivity contribution is -0.718. The van der Waals surface area contributed by atoms with Gasteiger partial charge in [-0.25, -0.2) is 4.90 Å². The Balaban J connectivity index is 0.00000320. The summed E-state index contributed by atoms with van der Waals surface area (Å²) in [6, 6.07) is 13.8. The third-order valence-electron chi connectivity index (χ3n) is 6.26. The van der Waals surface area contributed by atoms with Crippen molar-refractivity contribution in [2.75, 3.05) is 13.1 Å². The molecule has 30 heavy (non-hydrogen) atoms. The van der Waals surface area contributed by atoms with Crippen molar-refractivity contribution < 1.29 is 21.9 Å². The van der Waals surface area contributed by atoms with Gasteiger partial charge in [0.15, 0.2) is 6.54 Å². The van der Waals surface area contributed by atoms with E-state index in [2.05, 4.69) is 103 Å². The van der Waals surface area contributed by atoms with Gasteiger partial charge in [-0.3, -0.25) is 0 Å². The first-order chi connectivity index (χ1) is 13.7. The van der Waals surface area contributed by atoms with Crippen molar-refractivity contribution in [1.29, 1.82) is 0 Å². The third-order valence-corrected chi connectivity index (χ3v) is 6.26. The third kappa shape index (κ3) is 4.81. The van der Waals surface area contributed by atoms with Crippen molar-refractivity contribution in [2.24, 2.45) is 0 Å². The summed E-state index contributed by atoms with van der Waals surface area (Å²) in [7, 11) is 0. The number of nitrogens with one attached hydrogen (secondary N) is 1. The fraction of sp³-hybridized carbons (Fsp3) is 0.519. The molecule has 164 valence electrons. The second-order valence-electron chi connectivity index (χ2n) is 9.81. The van der Waals surface area contributed by atoms with Crippen LogP contribution >= 0.6 is 0 Å². The topological polar surface area (TPSA) is 7.45 Å². The van der Waals surface area contributed by atoms with Crippen LogP contribution in [0.15, 0.2) is 36.4 Å². The van der Waals surface area contributed by atoms with Crippen LogP contribution in [0.2, 0.25) is 0 Å². The summed E-state index contributed by atoms with van der Waals surface area (Å²) >= 11 is 0. The summed E-state index contributed by atoms with van der Waals surface area (Å²) < 4.78 is 2.54. The monoisotopic (exact) mass is 427 g/mol. The lowest BCUT2D eigenvalue weighted by Crippen LogP contribution is -3.05. The lowest BCUT2D eigenvalue weighted by atomic mass is 9.92. The molecule has 0 radical (unpaired) electrons. The maximum Gasteiger partial charge on any atom is 0.336 e. The Morgan fingerprint density at radius 1 is 0.667 bits per heavy atom. The molecule has 0 amide bonds. The highest BCUT2D eigenvalue weighted by Crippen LogP contribution is 2.35. The van der Waals surface area contributed by atoms with Crippen LogP contribution in [-0.4, -0.2) is 24.0 Å². The molecule has 1 aliphatic rings. The number of quaternary nitrogens is 1. The van der Waals surface area contributed by atoms with Crippen molar-refractivity contribution in [2.45, 2.75) is 79.1 Å². The minimum absolute atomic E-state index is 0. The zero-order chi connectivity index (χ0) is 21.3. The van der Waals surface area contributed by atoms with E-state index in [-0.39, 0.29) is 12.4 Å². The molecule has 3 rings (SSSR count). The molecule has 3 heteroatoms. The highest BCUT2D eigenvalue weighted by atomic mass is 35.5. The molecule has 2 aromatic rings. The van der Waals surface area contributed by atoms with Crippen molar-refractivity contribution >= 4 is 17.7 Å². The van der Waals surface area contributed by atoms with E-state index in [0.29, 0.717) is 23.7 Å². The molecule has 0 aromatic heterocycles. The molecule has 1 heterocycles. The van der Waals surface area contributed by atoms with E-state index in [1.165, 1.54) is 38.5 Å². The van der Waals surface area contributed by atoms with Gasteiger partial charge in [0.05, 0.1) is 0 Å². The van der Waals surface area contributed by atoms with Crippen LogP contribution in [0.25, 0.3) is 0 Å². The summed E-state index contributed by atoms with van der Waals surface area (Å²) in [4.78, 5) is 1.51. The van der Waals surface area contributed by atoms with Gasteiger partial charge >= 0.3 is 6.34 Å². The molecule has 0 fully saturated rings. The van der Waals surface area contributed by atoms with Gasteiger partial charge in [0.2, 0.25) is 12.2 Å². The zero-order valence-electron chi connectivity index (χ0n) is 20.1. The van der Waals surface area contributed by atoms with E-state index < -0.39 is 0 Å². The Bertz CT molecular complexity index is 841. The van der Waals surface area contributed by atoms with Crippen LogP contribution in [0.4, 0.5) is 11.4 Å². The quantitative estimate of drug-likeness (QED) is 0.677. The van der Waals surface area contributed by atoms with E-state index in [4.69, 9.17) is 0 Å². The van der Waals surface area contributed by atoms with Crippen LogP contribution in [0.1, 0.15) is 101 Å². The fourth-order valence-corrected chi connectivity index (χ4v) is 4.69. The molecule has 1 atom stereocenters. The maximum atomic E-state index is 2.54. The van der Waals surface area contributed by atoms with Crippen LogP contribution in [0, 0.1) is 0 Å². The second-order valence-corrected chi connectivity index (χ2v) is 9.81.